The van der Waals surface area contributed by atoms with Crippen molar-refractivity contribution in [3.8, 4) is 11.3 Å². The highest BCUT2D eigenvalue weighted by molar-refractivity contribution is 7.80. The maximum Gasteiger partial charge on any atom is 0.433 e. The number of nitrogens with zero attached hydrogens (tertiary/aromatic N) is 2. The van der Waals surface area contributed by atoms with Gasteiger partial charge < -0.3 is 5.11 Å². The average Bonchev–Trinajstić information content (AvgIpc) is 2.67. The second-order valence-electron chi connectivity index (χ2n) is 5.69. The molecular weight excluding hydrogens is 377 g/mol. The van der Waals surface area contributed by atoms with Crippen LogP contribution in [-0.4, -0.2) is 21.0 Å². The second-order valence-corrected chi connectivity index (χ2v) is 6.21. The Balaban J connectivity index is 2.11. The normalized spacial score (nSPS) is 12.6. The summed E-state index contributed by atoms with van der Waals surface area (Å²) in [6.07, 6.45) is -4.66. The van der Waals surface area contributed by atoms with Gasteiger partial charge in [0.25, 0.3) is 0 Å². The molecule has 0 amide bonds. The predicted octanol–water partition coefficient (Wildman–Crippen LogP) is 4.88. The molecule has 138 valence electrons. The number of alkyl halides is 3. The van der Waals surface area contributed by atoms with Gasteiger partial charge in [0.2, 0.25) is 0 Å². The van der Waals surface area contributed by atoms with Gasteiger partial charge in [0.15, 0.2) is 0 Å². The van der Waals surface area contributed by atoms with Gasteiger partial charge in [-0.3, -0.25) is 0 Å². The number of hydrogen-bond acceptors (Lipinski definition) is 4. The standard InChI is InChI=1S/C19H13F3N2O2S/c20-19(21,22)15-10-14(11-5-2-1-3-6-11)23-17(24-15)16(27)12-7-4-8-13(9-12)18(25)26/h1-10,16,27H,(H,25,26). The van der Waals surface area contributed by atoms with Crippen molar-refractivity contribution in [2.75, 3.05) is 0 Å². The maximum absolute atomic E-state index is 13.3. The molecule has 1 heterocycles. The molecule has 1 unspecified atom stereocenters. The van der Waals surface area contributed by atoms with Crippen LogP contribution in [-0.2, 0) is 6.18 Å². The topological polar surface area (TPSA) is 63.1 Å². The van der Waals surface area contributed by atoms with Crippen LogP contribution in [0.25, 0.3) is 11.3 Å². The minimum absolute atomic E-state index is 0.00167. The first-order valence-electron chi connectivity index (χ1n) is 7.78. The summed E-state index contributed by atoms with van der Waals surface area (Å²) < 4.78 is 39.9. The summed E-state index contributed by atoms with van der Waals surface area (Å²) in [5.41, 5.74) is -0.0778. The molecule has 0 bridgehead atoms. The summed E-state index contributed by atoms with van der Waals surface area (Å²) in [6, 6.07) is 15.1. The predicted molar refractivity (Wildman–Crippen MR) is 96.7 cm³/mol. The lowest BCUT2D eigenvalue weighted by molar-refractivity contribution is -0.141. The third kappa shape index (κ3) is 4.28. The number of carboxylic acids is 1. The number of rotatable bonds is 4. The smallest absolute Gasteiger partial charge is 0.433 e. The number of aromatic carboxylic acids is 1. The van der Waals surface area contributed by atoms with Crippen LogP contribution < -0.4 is 0 Å². The molecule has 1 aromatic heterocycles. The third-order valence-corrected chi connectivity index (χ3v) is 4.33. The van der Waals surface area contributed by atoms with Gasteiger partial charge in [0.1, 0.15) is 11.5 Å². The number of aromatic nitrogens is 2. The minimum atomic E-state index is -4.66. The van der Waals surface area contributed by atoms with Crippen molar-refractivity contribution < 1.29 is 23.1 Å². The van der Waals surface area contributed by atoms with Crippen molar-refractivity contribution in [3.05, 3.63) is 83.3 Å². The molecule has 0 radical (unpaired) electrons. The third-order valence-electron chi connectivity index (χ3n) is 3.80. The molecular formula is C19H13F3N2O2S. The summed E-state index contributed by atoms with van der Waals surface area (Å²) >= 11 is 4.34. The van der Waals surface area contributed by atoms with E-state index in [4.69, 9.17) is 5.11 Å². The largest absolute Gasteiger partial charge is 0.478 e. The van der Waals surface area contributed by atoms with E-state index in [1.165, 1.54) is 18.2 Å². The lowest BCUT2D eigenvalue weighted by atomic mass is 10.1. The Morgan fingerprint density at radius 1 is 1.00 bits per heavy atom. The first-order chi connectivity index (χ1) is 12.8. The number of carbonyl (C=O) groups is 1. The van der Waals surface area contributed by atoms with Crippen LogP contribution in [0.4, 0.5) is 13.2 Å². The minimum Gasteiger partial charge on any atom is -0.478 e. The van der Waals surface area contributed by atoms with Crippen LogP contribution in [0, 0.1) is 0 Å². The lowest BCUT2D eigenvalue weighted by Gasteiger charge is -2.15. The number of carboxylic acid groups (broad SMARTS) is 1. The molecule has 0 fully saturated rings. The molecule has 4 nitrogen and oxygen atoms in total. The molecule has 8 heteroatoms. The van der Waals surface area contributed by atoms with Gasteiger partial charge >= 0.3 is 12.1 Å². The van der Waals surface area contributed by atoms with Gasteiger partial charge in [0.05, 0.1) is 16.5 Å². The Kier molecular flexibility index (Phi) is 5.18. The van der Waals surface area contributed by atoms with Crippen molar-refractivity contribution in [1.29, 1.82) is 0 Å². The molecule has 0 aliphatic rings. The Hall–Kier alpha value is -2.87. The van der Waals surface area contributed by atoms with E-state index >= 15 is 0 Å². The van der Waals surface area contributed by atoms with Crippen molar-refractivity contribution in [2.24, 2.45) is 0 Å². The number of hydrogen-bond donors (Lipinski definition) is 2. The maximum atomic E-state index is 13.3. The van der Waals surface area contributed by atoms with Crippen LogP contribution in [0.15, 0.2) is 60.7 Å². The molecule has 0 spiro atoms. The molecule has 0 aliphatic carbocycles. The van der Waals surface area contributed by atoms with E-state index < -0.39 is 23.1 Å². The summed E-state index contributed by atoms with van der Waals surface area (Å²) in [7, 11) is 0. The Morgan fingerprint density at radius 2 is 1.70 bits per heavy atom. The highest BCUT2D eigenvalue weighted by Crippen LogP contribution is 2.34. The zero-order valence-electron chi connectivity index (χ0n) is 13.7. The SMILES string of the molecule is O=C(O)c1cccc(C(S)c2nc(-c3ccccc3)cc(C(F)(F)F)n2)c1. The van der Waals surface area contributed by atoms with Gasteiger partial charge in [-0.1, -0.05) is 42.5 Å². The van der Waals surface area contributed by atoms with Crippen molar-refractivity contribution in [2.45, 2.75) is 11.4 Å². The van der Waals surface area contributed by atoms with Gasteiger partial charge in [-0.05, 0) is 23.8 Å². The fourth-order valence-electron chi connectivity index (χ4n) is 2.48. The van der Waals surface area contributed by atoms with E-state index in [-0.39, 0.29) is 17.1 Å². The molecule has 2 aromatic carbocycles. The quantitative estimate of drug-likeness (QED) is 0.624. The highest BCUT2D eigenvalue weighted by atomic mass is 32.1. The van der Waals surface area contributed by atoms with Gasteiger partial charge in [0, 0.05) is 5.56 Å². The highest BCUT2D eigenvalue weighted by Gasteiger charge is 2.34. The van der Waals surface area contributed by atoms with E-state index in [1.807, 2.05) is 0 Å². The van der Waals surface area contributed by atoms with Crippen LogP contribution in [0.2, 0.25) is 0 Å². The first kappa shape index (κ1) is 18.9. The average molecular weight is 390 g/mol. The molecule has 1 atom stereocenters. The lowest BCUT2D eigenvalue weighted by Crippen LogP contribution is -2.13. The van der Waals surface area contributed by atoms with E-state index in [0.717, 1.165) is 6.07 Å². The Bertz CT molecular complexity index is 978. The fourth-order valence-corrected chi connectivity index (χ4v) is 2.76. The van der Waals surface area contributed by atoms with E-state index in [0.29, 0.717) is 11.1 Å². The molecule has 3 rings (SSSR count). The van der Waals surface area contributed by atoms with Gasteiger partial charge in [-0.2, -0.15) is 25.8 Å². The van der Waals surface area contributed by atoms with Crippen molar-refractivity contribution in [3.63, 3.8) is 0 Å². The Labute approximate surface area is 158 Å². The molecule has 0 saturated carbocycles. The van der Waals surface area contributed by atoms with E-state index in [1.54, 1.807) is 36.4 Å². The fraction of sp³-hybridized carbons (Fsp3) is 0.105. The van der Waals surface area contributed by atoms with E-state index in [9.17, 15) is 18.0 Å². The molecule has 3 aromatic rings. The van der Waals surface area contributed by atoms with Crippen molar-refractivity contribution >= 4 is 18.6 Å². The van der Waals surface area contributed by atoms with Gasteiger partial charge in [-0.15, -0.1) is 0 Å². The number of thiol groups is 1. The molecule has 0 aliphatic heterocycles. The molecule has 0 saturated heterocycles. The summed E-state index contributed by atoms with van der Waals surface area (Å²) in [5, 5.41) is 8.18. The van der Waals surface area contributed by atoms with Crippen LogP contribution in [0.1, 0.15) is 32.7 Å². The van der Waals surface area contributed by atoms with Crippen molar-refractivity contribution in [1.82, 2.24) is 9.97 Å². The summed E-state index contributed by atoms with van der Waals surface area (Å²) in [4.78, 5) is 19.0. The second kappa shape index (κ2) is 7.40. The summed E-state index contributed by atoms with van der Waals surface area (Å²) in [6.45, 7) is 0. The van der Waals surface area contributed by atoms with Gasteiger partial charge in [-0.25, -0.2) is 14.8 Å². The zero-order valence-corrected chi connectivity index (χ0v) is 14.6. The van der Waals surface area contributed by atoms with Crippen LogP contribution >= 0.6 is 12.6 Å². The Morgan fingerprint density at radius 3 is 2.33 bits per heavy atom. The summed E-state index contributed by atoms with van der Waals surface area (Å²) in [5.74, 6) is -1.30. The molecule has 27 heavy (non-hydrogen) atoms. The van der Waals surface area contributed by atoms with Crippen LogP contribution in [0.5, 0.6) is 0 Å². The molecule has 1 N–H and O–H groups in total. The first-order valence-corrected chi connectivity index (χ1v) is 8.30. The number of benzene rings is 2. The van der Waals surface area contributed by atoms with E-state index in [2.05, 4.69) is 22.6 Å². The monoisotopic (exact) mass is 390 g/mol. The zero-order chi connectivity index (χ0) is 19.6. The van der Waals surface area contributed by atoms with Crippen LogP contribution in [0.3, 0.4) is 0 Å². The number of halogens is 3.